The average molecular weight is 332 g/mol. The van der Waals surface area contributed by atoms with Gasteiger partial charge in [-0.2, -0.15) is 0 Å². The molecule has 0 spiro atoms. The molecule has 1 aliphatic carbocycles. The van der Waals surface area contributed by atoms with Gasteiger partial charge < -0.3 is 15.4 Å². The van der Waals surface area contributed by atoms with E-state index >= 15 is 0 Å². The first-order chi connectivity index (χ1) is 11.6. The van der Waals surface area contributed by atoms with Crippen LogP contribution in [0.15, 0.2) is 30.3 Å². The van der Waals surface area contributed by atoms with E-state index < -0.39 is 12.1 Å². The number of carbonyl (C=O) groups excluding carboxylic acids is 2. The molecule has 24 heavy (non-hydrogen) atoms. The van der Waals surface area contributed by atoms with E-state index in [2.05, 4.69) is 10.6 Å². The Morgan fingerprint density at radius 2 is 1.79 bits per heavy atom. The van der Waals surface area contributed by atoms with Crippen LogP contribution in [0.3, 0.4) is 0 Å². The third-order valence-electron chi connectivity index (χ3n) is 4.39. The first-order valence-electron chi connectivity index (χ1n) is 8.84. The Morgan fingerprint density at radius 1 is 1.12 bits per heavy atom. The lowest BCUT2D eigenvalue weighted by atomic mass is 9.94. The lowest BCUT2D eigenvalue weighted by molar-refractivity contribution is -0.125. The minimum absolute atomic E-state index is 0.00198. The van der Waals surface area contributed by atoms with Crippen LogP contribution in [0.5, 0.6) is 0 Å². The Balaban J connectivity index is 1.82. The maximum absolute atomic E-state index is 12.5. The molecule has 0 heterocycles. The topological polar surface area (TPSA) is 67.4 Å². The summed E-state index contributed by atoms with van der Waals surface area (Å²) in [7, 11) is 0. The SMILES string of the molecule is CC(C)[C@@H](NC(=O)OCc1ccccc1)C(=O)NC1CCCCC1. The number of alkyl carbamates (subject to hydrolysis) is 1. The third kappa shape index (κ3) is 5.87. The molecule has 5 heteroatoms. The van der Waals surface area contributed by atoms with Crippen LogP contribution in [-0.2, 0) is 16.1 Å². The van der Waals surface area contributed by atoms with Gasteiger partial charge in [0.25, 0.3) is 0 Å². The van der Waals surface area contributed by atoms with E-state index in [1.54, 1.807) is 0 Å². The van der Waals surface area contributed by atoms with Gasteiger partial charge in [-0.05, 0) is 24.3 Å². The van der Waals surface area contributed by atoms with Gasteiger partial charge in [-0.3, -0.25) is 4.79 Å². The van der Waals surface area contributed by atoms with E-state index in [1.165, 1.54) is 6.42 Å². The second kappa shape index (κ2) is 9.30. The number of rotatable bonds is 6. The summed E-state index contributed by atoms with van der Waals surface area (Å²) in [5.74, 6) is -0.119. The smallest absolute Gasteiger partial charge is 0.408 e. The number of ether oxygens (including phenoxy) is 1. The summed E-state index contributed by atoms with van der Waals surface area (Å²) in [6.07, 6.45) is 5.04. The molecule has 1 aromatic carbocycles. The van der Waals surface area contributed by atoms with Gasteiger partial charge in [0.05, 0.1) is 0 Å². The normalized spacial score (nSPS) is 16.5. The molecule has 2 rings (SSSR count). The molecule has 0 unspecified atom stereocenters. The highest BCUT2D eigenvalue weighted by Crippen LogP contribution is 2.18. The van der Waals surface area contributed by atoms with Crippen LogP contribution in [0.4, 0.5) is 4.79 Å². The summed E-state index contributed by atoms with van der Waals surface area (Å²) >= 11 is 0. The minimum atomic E-state index is -0.574. The van der Waals surface area contributed by atoms with Crippen LogP contribution < -0.4 is 10.6 Å². The molecule has 1 fully saturated rings. The summed E-state index contributed by atoms with van der Waals surface area (Å²) in [6, 6.07) is 9.14. The lowest BCUT2D eigenvalue weighted by Crippen LogP contribution is -2.52. The maximum Gasteiger partial charge on any atom is 0.408 e. The van der Waals surface area contributed by atoms with Crippen LogP contribution in [0.25, 0.3) is 0 Å². The summed E-state index contributed by atoms with van der Waals surface area (Å²) in [5, 5.41) is 5.77. The summed E-state index contributed by atoms with van der Waals surface area (Å²) in [5.41, 5.74) is 0.917. The second-order valence-electron chi connectivity index (χ2n) is 6.77. The molecule has 2 N–H and O–H groups in total. The third-order valence-corrected chi connectivity index (χ3v) is 4.39. The van der Waals surface area contributed by atoms with Crippen LogP contribution >= 0.6 is 0 Å². The number of amides is 2. The predicted molar refractivity (Wildman–Crippen MR) is 93.4 cm³/mol. The van der Waals surface area contributed by atoms with E-state index in [-0.39, 0.29) is 24.5 Å². The van der Waals surface area contributed by atoms with Crippen molar-refractivity contribution in [2.24, 2.45) is 5.92 Å². The highest BCUT2D eigenvalue weighted by molar-refractivity contribution is 5.86. The summed E-state index contributed by atoms with van der Waals surface area (Å²) in [6.45, 7) is 4.03. The van der Waals surface area contributed by atoms with Crippen LogP contribution in [0, 0.1) is 5.92 Å². The molecule has 1 atom stereocenters. The average Bonchev–Trinajstić information content (AvgIpc) is 2.59. The molecule has 0 bridgehead atoms. The lowest BCUT2D eigenvalue weighted by Gasteiger charge is -2.27. The molecule has 5 nitrogen and oxygen atoms in total. The molecule has 2 amide bonds. The van der Waals surface area contributed by atoms with Gasteiger partial charge in [-0.1, -0.05) is 63.4 Å². The Morgan fingerprint density at radius 3 is 2.42 bits per heavy atom. The zero-order valence-corrected chi connectivity index (χ0v) is 14.6. The van der Waals surface area contributed by atoms with Crippen molar-refractivity contribution in [1.82, 2.24) is 10.6 Å². The van der Waals surface area contributed by atoms with E-state index in [1.807, 2.05) is 44.2 Å². The van der Waals surface area contributed by atoms with Crippen molar-refractivity contribution in [3.8, 4) is 0 Å². The number of benzene rings is 1. The van der Waals surface area contributed by atoms with Gasteiger partial charge in [0, 0.05) is 6.04 Å². The number of hydrogen-bond acceptors (Lipinski definition) is 3. The molecule has 0 radical (unpaired) electrons. The molecule has 132 valence electrons. The van der Waals surface area contributed by atoms with Crippen LogP contribution in [0.2, 0.25) is 0 Å². The highest BCUT2D eigenvalue weighted by Gasteiger charge is 2.27. The minimum Gasteiger partial charge on any atom is -0.445 e. The molecule has 1 saturated carbocycles. The fourth-order valence-corrected chi connectivity index (χ4v) is 2.96. The van der Waals surface area contributed by atoms with Gasteiger partial charge in [-0.25, -0.2) is 4.79 Å². The van der Waals surface area contributed by atoms with Crippen molar-refractivity contribution in [3.05, 3.63) is 35.9 Å². The standard InChI is InChI=1S/C19H28N2O3/c1-14(2)17(18(22)20-16-11-7-4-8-12-16)21-19(23)24-13-15-9-5-3-6-10-15/h3,5-6,9-10,14,16-17H,4,7-8,11-13H2,1-2H3,(H,20,22)(H,21,23)/t17-/m1/s1. The molecular formula is C19H28N2O3. The van der Waals surface area contributed by atoms with Crippen molar-refractivity contribution in [3.63, 3.8) is 0 Å². The van der Waals surface area contributed by atoms with Crippen LogP contribution in [-0.4, -0.2) is 24.1 Å². The summed E-state index contributed by atoms with van der Waals surface area (Å²) in [4.78, 5) is 24.5. The monoisotopic (exact) mass is 332 g/mol. The van der Waals surface area contributed by atoms with Crippen molar-refractivity contribution >= 4 is 12.0 Å². The quantitative estimate of drug-likeness (QED) is 0.839. The predicted octanol–water partition coefficient (Wildman–Crippen LogP) is 3.39. The first-order valence-corrected chi connectivity index (χ1v) is 8.84. The molecular weight excluding hydrogens is 304 g/mol. The van der Waals surface area contributed by atoms with Crippen molar-refractivity contribution in [2.45, 2.75) is 64.6 Å². The van der Waals surface area contributed by atoms with Crippen molar-refractivity contribution in [2.75, 3.05) is 0 Å². The zero-order valence-electron chi connectivity index (χ0n) is 14.6. The van der Waals surface area contributed by atoms with Gasteiger partial charge in [0.2, 0.25) is 5.91 Å². The van der Waals surface area contributed by atoms with Gasteiger partial charge in [0.1, 0.15) is 12.6 Å². The van der Waals surface area contributed by atoms with Gasteiger partial charge >= 0.3 is 6.09 Å². The largest absolute Gasteiger partial charge is 0.445 e. The fraction of sp³-hybridized carbons (Fsp3) is 0.579. The number of hydrogen-bond donors (Lipinski definition) is 2. The Labute approximate surface area is 144 Å². The van der Waals surface area contributed by atoms with E-state index in [0.717, 1.165) is 31.2 Å². The maximum atomic E-state index is 12.5. The highest BCUT2D eigenvalue weighted by atomic mass is 16.5. The second-order valence-corrected chi connectivity index (χ2v) is 6.77. The Hall–Kier alpha value is -2.04. The molecule has 0 saturated heterocycles. The number of nitrogens with one attached hydrogen (secondary N) is 2. The molecule has 0 aliphatic heterocycles. The van der Waals surface area contributed by atoms with Crippen molar-refractivity contribution in [1.29, 1.82) is 0 Å². The van der Waals surface area contributed by atoms with Gasteiger partial charge in [-0.15, -0.1) is 0 Å². The number of carbonyl (C=O) groups is 2. The zero-order chi connectivity index (χ0) is 17.4. The molecule has 1 aliphatic rings. The Bertz CT molecular complexity index is 525. The van der Waals surface area contributed by atoms with Crippen molar-refractivity contribution < 1.29 is 14.3 Å². The molecule has 0 aromatic heterocycles. The van der Waals surface area contributed by atoms with Gasteiger partial charge in [0.15, 0.2) is 0 Å². The van der Waals surface area contributed by atoms with E-state index in [4.69, 9.17) is 4.74 Å². The summed E-state index contributed by atoms with van der Waals surface area (Å²) < 4.78 is 5.22. The van der Waals surface area contributed by atoms with E-state index in [9.17, 15) is 9.59 Å². The van der Waals surface area contributed by atoms with Crippen LogP contribution in [0.1, 0.15) is 51.5 Å². The van der Waals surface area contributed by atoms with E-state index in [0.29, 0.717) is 0 Å². The first kappa shape index (κ1) is 18.3. The molecule has 1 aromatic rings. The Kier molecular flexibility index (Phi) is 7.09. The fourth-order valence-electron chi connectivity index (χ4n) is 2.96.